The van der Waals surface area contributed by atoms with E-state index in [-0.39, 0.29) is 5.92 Å². The van der Waals surface area contributed by atoms with Crippen LogP contribution >= 0.6 is 0 Å². The molecule has 1 aromatic carbocycles. The SMILES string of the molecule is CC[C@@H](C)[C@H](NC(=O)[C@H](C)n1nnc2ccccc2c1=O)C(=O)[O-]. The maximum Gasteiger partial charge on any atom is 0.278 e. The number of carboxylic acid groups (broad SMARTS) is 1. The van der Waals surface area contributed by atoms with Crippen molar-refractivity contribution >= 4 is 22.8 Å². The Morgan fingerprint density at radius 2 is 1.96 bits per heavy atom. The topological polar surface area (TPSA) is 117 Å². The molecule has 0 spiro atoms. The van der Waals surface area contributed by atoms with Gasteiger partial charge in [0.1, 0.15) is 11.6 Å². The summed E-state index contributed by atoms with van der Waals surface area (Å²) in [7, 11) is 0. The van der Waals surface area contributed by atoms with Crippen LogP contribution in [-0.2, 0) is 9.59 Å². The number of fused-ring (bicyclic) bond motifs is 1. The number of carbonyl (C=O) groups excluding carboxylic acids is 2. The summed E-state index contributed by atoms with van der Waals surface area (Å²) in [5, 5.41) is 21.7. The number of hydrogen-bond donors (Lipinski definition) is 1. The third kappa shape index (κ3) is 3.42. The van der Waals surface area contributed by atoms with Crippen LogP contribution in [0, 0.1) is 5.92 Å². The summed E-state index contributed by atoms with van der Waals surface area (Å²) in [5.74, 6) is -2.29. The summed E-state index contributed by atoms with van der Waals surface area (Å²) < 4.78 is 0.945. The third-order valence-electron chi connectivity index (χ3n) is 4.10. The number of nitrogens with zero attached hydrogens (tertiary/aromatic N) is 3. The van der Waals surface area contributed by atoms with Crippen molar-refractivity contribution in [1.82, 2.24) is 20.3 Å². The molecule has 1 N–H and O–H groups in total. The first-order chi connectivity index (χ1) is 11.4. The van der Waals surface area contributed by atoms with Crippen LogP contribution in [0.3, 0.4) is 0 Å². The molecule has 1 amide bonds. The van der Waals surface area contributed by atoms with E-state index in [0.717, 1.165) is 4.68 Å². The van der Waals surface area contributed by atoms with Gasteiger partial charge in [-0.2, -0.15) is 4.68 Å². The lowest BCUT2D eigenvalue weighted by Gasteiger charge is -2.26. The van der Waals surface area contributed by atoms with Crippen LogP contribution in [0.15, 0.2) is 29.1 Å². The van der Waals surface area contributed by atoms with E-state index in [1.54, 1.807) is 31.2 Å². The fraction of sp³-hybridized carbons (Fsp3) is 0.438. The molecule has 24 heavy (non-hydrogen) atoms. The van der Waals surface area contributed by atoms with E-state index in [9.17, 15) is 19.5 Å². The molecular weight excluding hydrogens is 312 g/mol. The smallest absolute Gasteiger partial charge is 0.278 e. The third-order valence-corrected chi connectivity index (χ3v) is 4.10. The van der Waals surface area contributed by atoms with Crippen molar-refractivity contribution < 1.29 is 14.7 Å². The summed E-state index contributed by atoms with van der Waals surface area (Å²) in [6.07, 6.45) is 0.559. The van der Waals surface area contributed by atoms with Gasteiger partial charge in [0.2, 0.25) is 5.91 Å². The zero-order valence-corrected chi connectivity index (χ0v) is 13.7. The lowest BCUT2D eigenvalue weighted by Crippen LogP contribution is -2.53. The number of rotatable bonds is 6. The Hall–Kier alpha value is -2.77. The van der Waals surface area contributed by atoms with E-state index in [1.807, 2.05) is 6.92 Å². The number of amides is 1. The molecule has 0 saturated carbocycles. The molecule has 0 aliphatic carbocycles. The van der Waals surface area contributed by atoms with Crippen molar-refractivity contribution in [2.75, 3.05) is 0 Å². The van der Waals surface area contributed by atoms with Crippen LogP contribution in [0.4, 0.5) is 0 Å². The minimum absolute atomic E-state index is 0.300. The Morgan fingerprint density at radius 1 is 1.29 bits per heavy atom. The quantitative estimate of drug-likeness (QED) is 0.772. The fourth-order valence-corrected chi connectivity index (χ4v) is 2.31. The molecular formula is C16H19N4O4-. The number of carboxylic acids is 1. The van der Waals surface area contributed by atoms with Gasteiger partial charge in [0, 0.05) is 0 Å². The van der Waals surface area contributed by atoms with Crippen LogP contribution < -0.4 is 16.0 Å². The monoisotopic (exact) mass is 331 g/mol. The van der Waals surface area contributed by atoms with E-state index < -0.39 is 29.5 Å². The molecule has 2 rings (SSSR count). The van der Waals surface area contributed by atoms with Crippen molar-refractivity contribution in [3.8, 4) is 0 Å². The molecule has 3 atom stereocenters. The van der Waals surface area contributed by atoms with E-state index in [2.05, 4.69) is 15.6 Å². The molecule has 1 aromatic heterocycles. The molecule has 8 heteroatoms. The van der Waals surface area contributed by atoms with E-state index >= 15 is 0 Å². The Bertz CT molecular complexity index is 817. The first-order valence-electron chi connectivity index (χ1n) is 7.72. The molecule has 0 radical (unpaired) electrons. The summed E-state index contributed by atoms with van der Waals surface area (Å²) in [6.45, 7) is 4.98. The Morgan fingerprint density at radius 3 is 2.58 bits per heavy atom. The zero-order chi connectivity index (χ0) is 17.9. The predicted octanol–water partition coefficient (Wildman–Crippen LogP) is -0.367. The highest BCUT2D eigenvalue weighted by Gasteiger charge is 2.25. The highest BCUT2D eigenvalue weighted by atomic mass is 16.4. The molecule has 0 unspecified atom stereocenters. The second-order valence-electron chi connectivity index (χ2n) is 5.72. The normalized spacial score (nSPS) is 14.8. The molecule has 1 heterocycles. The first-order valence-corrected chi connectivity index (χ1v) is 7.72. The molecule has 0 aliphatic rings. The van der Waals surface area contributed by atoms with Gasteiger partial charge in [-0.3, -0.25) is 9.59 Å². The molecule has 2 aromatic rings. The van der Waals surface area contributed by atoms with Crippen LogP contribution in [0.25, 0.3) is 10.9 Å². The summed E-state index contributed by atoms with van der Waals surface area (Å²) >= 11 is 0. The first kappa shape index (κ1) is 17.6. The highest BCUT2D eigenvalue weighted by Crippen LogP contribution is 2.10. The number of aliphatic carboxylic acids is 1. The van der Waals surface area contributed by atoms with Gasteiger partial charge in [0.05, 0.1) is 17.4 Å². The van der Waals surface area contributed by atoms with Gasteiger partial charge >= 0.3 is 0 Å². The number of aromatic nitrogens is 3. The van der Waals surface area contributed by atoms with E-state index in [0.29, 0.717) is 17.3 Å². The van der Waals surface area contributed by atoms with Crippen molar-refractivity contribution in [1.29, 1.82) is 0 Å². The van der Waals surface area contributed by atoms with Crippen LogP contribution in [0.1, 0.15) is 33.2 Å². The Kier molecular flexibility index (Phi) is 5.28. The highest BCUT2D eigenvalue weighted by molar-refractivity contribution is 5.85. The second-order valence-corrected chi connectivity index (χ2v) is 5.72. The van der Waals surface area contributed by atoms with Gasteiger partial charge in [0.15, 0.2) is 0 Å². The van der Waals surface area contributed by atoms with Gasteiger partial charge in [0.25, 0.3) is 5.56 Å². The van der Waals surface area contributed by atoms with Crippen LogP contribution in [0.2, 0.25) is 0 Å². The molecule has 0 fully saturated rings. The second kappa shape index (κ2) is 7.20. The van der Waals surface area contributed by atoms with Crippen molar-refractivity contribution in [3.05, 3.63) is 34.6 Å². The predicted molar refractivity (Wildman–Crippen MR) is 84.9 cm³/mol. The Labute approximate surface area is 138 Å². The minimum atomic E-state index is -1.36. The molecule has 0 aliphatic heterocycles. The van der Waals surface area contributed by atoms with Crippen molar-refractivity contribution in [2.24, 2.45) is 5.92 Å². The maximum absolute atomic E-state index is 12.4. The number of benzene rings is 1. The van der Waals surface area contributed by atoms with Crippen LogP contribution in [0.5, 0.6) is 0 Å². The van der Waals surface area contributed by atoms with Crippen molar-refractivity contribution in [3.63, 3.8) is 0 Å². The van der Waals surface area contributed by atoms with Gasteiger partial charge < -0.3 is 15.2 Å². The number of carbonyl (C=O) groups is 2. The van der Waals surface area contributed by atoms with E-state index in [1.165, 1.54) is 6.92 Å². The average Bonchev–Trinajstić information content (AvgIpc) is 2.58. The van der Waals surface area contributed by atoms with Crippen molar-refractivity contribution in [2.45, 2.75) is 39.3 Å². The zero-order valence-electron chi connectivity index (χ0n) is 13.7. The van der Waals surface area contributed by atoms with Gasteiger partial charge in [-0.1, -0.05) is 37.6 Å². The summed E-state index contributed by atoms with van der Waals surface area (Å²) in [6, 6.07) is 4.53. The summed E-state index contributed by atoms with van der Waals surface area (Å²) in [4.78, 5) is 36.0. The molecule has 0 saturated heterocycles. The van der Waals surface area contributed by atoms with E-state index in [4.69, 9.17) is 0 Å². The minimum Gasteiger partial charge on any atom is -0.548 e. The standard InChI is InChI=1S/C16H20N4O4/c1-4-9(2)13(16(23)24)17-14(21)10(3)20-15(22)11-7-5-6-8-12(11)18-19-20/h5-10,13H,4H2,1-3H3,(H,17,21)(H,23,24)/p-1/t9-,10+,13+/m1/s1. The maximum atomic E-state index is 12.4. The molecule has 0 bridgehead atoms. The lowest BCUT2D eigenvalue weighted by molar-refractivity contribution is -0.309. The van der Waals surface area contributed by atoms with Crippen LogP contribution in [-0.4, -0.2) is 32.9 Å². The lowest BCUT2D eigenvalue weighted by atomic mass is 9.99. The number of nitrogens with one attached hydrogen (secondary N) is 1. The average molecular weight is 331 g/mol. The number of hydrogen-bond acceptors (Lipinski definition) is 6. The summed E-state index contributed by atoms with van der Waals surface area (Å²) in [5.41, 5.74) is -0.0321. The molecule has 8 nitrogen and oxygen atoms in total. The van der Waals surface area contributed by atoms with Gasteiger partial charge in [-0.15, -0.1) is 5.10 Å². The largest absolute Gasteiger partial charge is 0.548 e. The molecule has 128 valence electrons. The fourth-order valence-electron chi connectivity index (χ4n) is 2.31. The Balaban J connectivity index is 2.29. The van der Waals surface area contributed by atoms with Gasteiger partial charge in [-0.05, 0) is 25.0 Å². The van der Waals surface area contributed by atoms with Gasteiger partial charge in [-0.25, -0.2) is 0 Å².